The van der Waals surface area contributed by atoms with Gasteiger partial charge in [-0.05, 0) is 65.6 Å². The van der Waals surface area contributed by atoms with Gasteiger partial charge in [-0.2, -0.15) is 0 Å². The summed E-state index contributed by atoms with van der Waals surface area (Å²) in [5, 5.41) is 12.9. The predicted octanol–water partition coefficient (Wildman–Crippen LogP) is 5.15. The number of rotatable bonds is 8. The maximum Gasteiger partial charge on any atom is 0.335 e. The fourth-order valence-corrected chi connectivity index (χ4v) is 3.63. The second-order valence-electron chi connectivity index (χ2n) is 7.44. The Hall–Kier alpha value is -4.00. The summed E-state index contributed by atoms with van der Waals surface area (Å²) < 4.78 is 28.5. The van der Waals surface area contributed by atoms with E-state index in [0.29, 0.717) is 18.5 Å². The SMILES string of the molecule is O=C(O)c1ccc(NCC(c2ccc(F)cc2)n2ccnc2)cc1Cc1ccc(F)cc1. The molecule has 0 fully saturated rings. The molecule has 0 saturated carbocycles. The highest BCUT2D eigenvalue weighted by atomic mass is 19.1. The lowest BCUT2D eigenvalue weighted by Gasteiger charge is -2.21. The molecule has 32 heavy (non-hydrogen) atoms. The van der Waals surface area contributed by atoms with Crippen LogP contribution in [-0.4, -0.2) is 27.2 Å². The second kappa shape index (κ2) is 9.43. The number of anilines is 1. The van der Waals surface area contributed by atoms with Gasteiger partial charge in [0.15, 0.2) is 0 Å². The zero-order valence-electron chi connectivity index (χ0n) is 17.1. The van der Waals surface area contributed by atoms with Crippen molar-refractivity contribution in [2.75, 3.05) is 11.9 Å². The molecule has 4 rings (SSSR count). The van der Waals surface area contributed by atoms with Gasteiger partial charge in [0, 0.05) is 24.6 Å². The molecule has 7 heteroatoms. The average Bonchev–Trinajstić information content (AvgIpc) is 3.31. The van der Waals surface area contributed by atoms with Crippen molar-refractivity contribution in [2.24, 2.45) is 0 Å². The van der Waals surface area contributed by atoms with Gasteiger partial charge in [0.05, 0.1) is 17.9 Å². The van der Waals surface area contributed by atoms with E-state index in [1.807, 2.05) is 10.8 Å². The maximum atomic E-state index is 13.4. The van der Waals surface area contributed by atoms with E-state index in [2.05, 4.69) is 10.3 Å². The topological polar surface area (TPSA) is 67.2 Å². The summed E-state index contributed by atoms with van der Waals surface area (Å²) in [6.07, 6.45) is 5.58. The summed E-state index contributed by atoms with van der Waals surface area (Å²) in [5.74, 6) is -1.66. The van der Waals surface area contributed by atoms with Crippen LogP contribution in [0.25, 0.3) is 0 Å². The Kier molecular flexibility index (Phi) is 6.26. The fraction of sp³-hybridized carbons (Fsp3) is 0.120. The zero-order chi connectivity index (χ0) is 22.5. The van der Waals surface area contributed by atoms with Crippen LogP contribution in [0.5, 0.6) is 0 Å². The molecule has 0 aliphatic heterocycles. The van der Waals surface area contributed by atoms with Crippen molar-refractivity contribution < 1.29 is 18.7 Å². The van der Waals surface area contributed by atoms with Crippen molar-refractivity contribution >= 4 is 11.7 Å². The van der Waals surface area contributed by atoms with Gasteiger partial charge in [-0.1, -0.05) is 24.3 Å². The number of aromatic carboxylic acids is 1. The molecule has 0 aliphatic rings. The Balaban J connectivity index is 1.58. The molecular formula is C25H21F2N3O2. The monoisotopic (exact) mass is 433 g/mol. The highest BCUT2D eigenvalue weighted by Crippen LogP contribution is 2.23. The molecule has 1 aromatic heterocycles. The second-order valence-corrected chi connectivity index (χ2v) is 7.44. The number of hydrogen-bond donors (Lipinski definition) is 2. The lowest BCUT2D eigenvalue weighted by Crippen LogP contribution is -2.19. The summed E-state index contributed by atoms with van der Waals surface area (Å²) in [4.78, 5) is 15.8. The van der Waals surface area contributed by atoms with Crippen molar-refractivity contribution in [3.05, 3.63) is 119 Å². The van der Waals surface area contributed by atoms with E-state index in [-0.39, 0.29) is 23.2 Å². The number of carboxylic acids is 1. The number of carboxylic acid groups (broad SMARTS) is 1. The Labute approximate surface area is 184 Å². The van der Waals surface area contributed by atoms with E-state index in [9.17, 15) is 18.7 Å². The van der Waals surface area contributed by atoms with Crippen molar-refractivity contribution in [3.63, 3.8) is 0 Å². The molecule has 0 spiro atoms. The van der Waals surface area contributed by atoms with Crippen LogP contribution in [0.3, 0.4) is 0 Å². The molecule has 5 nitrogen and oxygen atoms in total. The maximum absolute atomic E-state index is 13.4. The molecular weight excluding hydrogens is 412 g/mol. The first kappa shape index (κ1) is 21.2. The molecule has 3 aromatic carbocycles. The minimum atomic E-state index is -1.02. The lowest BCUT2D eigenvalue weighted by atomic mass is 9.98. The molecule has 162 valence electrons. The summed E-state index contributed by atoms with van der Waals surface area (Å²) in [5.41, 5.74) is 3.29. The number of benzene rings is 3. The van der Waals surface area contributed by atoms with Gasteiger partial charge in [-0.15, -0.1) is 0 Å². The van der Waals surface area contributed by atoms with Crippen molar-refractivity contribution in [1.29, 1.82) is 0 Å². The Morgan fingerprint density at radius 3 is 2.31 bits per heavy atom. The van der Waals surface area contributed by atoms with Gasteiger partial charge in [0.25, 0.3) is 0 Å². The summed E-state index contributed by atoms with van der Waals surface area (Å²) in [7, 11) is 0. The zero-order valence-corrected chi connectivity index (χ0v) is 17.1. The smallest absolute Gasteiger partial charge is 0.335 e. The molecule has 0 bridgehead atoms. The van der Waals surface area contributed by atoms with E-state index < -0.39 is 5.97 Å². The highest BCUT2D eigenvalue weighted by Gasteiger charge is 2.15. The average molecular weight is 433 g/mol. The number of aromatic nitrogens is 2. The highest BCUT2D eigenvalue weighted by molar-refractivity contribution is 5.90. The van der Waals surface area contributed by atoms with Gasteiger partial charge in [0.1, 0.15) is 11.6 Å². The molecule has 1 unspecified atom stereocenters. The van der Waals surface area contributed by atoms with Crippen LogP contribution >= 0.6 is 0 Å². The Bertz CT molecular complexity index is 1190. The van der Waals surface area contributed by atoms with E-state index in [1.54, 1.807) is 55.0 Å². The number of nitrogens with zero attached hydrogens (tertiary/aromatic N) is 2. The fourth-order valence-electron chi connectivity index (χ4n) is 3.63. The molecule has 0 radical (unpaired) electrons. The molecule has 4 aromatic rings. The van der Waals surface area contributed by atoms with Crippen LogP contribution in [-0.2, 0) is 6.42 Å². The van der Waals surface area contributed by atoms with Gasteiger partial charge < -0.3 is 15.0 Å². The normalized spacial score (nSPS) is 11.8. The van der Waals surface area contributed by atoms with Gasteiger partial charge >= 0.3 is 5.97 Å². The first-order valence-electron chi connectivity index (χ1n) is 10.1. The van der Waals surface area contributed by atoms with Gasteiger partial charge in [-0.3, -0.25) is 0 Å². The first-order chi connectivity index (χ1) is 15.5. The quantitative estimate of drug-likeness (QED) is 0.403. The Morgan fingerprint density at radius 1 is 1.00 bits per heavy atom. The molecule has 0 saturated heterocycles. The van der Waals surface area contributed by atoms with E-state index in [1.165, 1.54) is 24.3 Å². The molecule has 2 N–H and O–H groups in total. The minimum absolute atomic E-state index is 0.141. The van der Waals surface area contributed by atoms with Crippen LogP contribution in [0.1, 0.15) is 33.1 Å². The molecule has 1 heterocycles. The molecule has 0 amide bonds. The van der Waals surface area contributed by atoms with Crippen LogP contribution in [0.2, 0.25) is 0 Å². The van der Waals surface area contributed by atoms with Gasteiger partial charge in [-0.25, -0.2) is 18.6 Å². The summed E-state index contributed by atoms with van der Waals surface area (Å²) in [6.45, 7) is 0.477. The molecule has 1 atom stereocenters. The third-order valence-electron chi connectivity index (χ3n) is 5.28. The summed E-state index contributed by atoms with van der Waals surface area (Å²) >= 11 is 0. The van der Waals surface area contributed by atoms with Crippen molar-refractivity contribution in [3.8, 4) is 0 Å². The third kappa shape index (κ3) is 5.00. The van der Waals surface area contributed by atoms with Crippen LogP contribution < -0.4 is 5.32 Å². The van der Waals surface area contributed by atoms with Crippen LogP contribution in [0.4, 0.5) is 14.5 Å². The van der Waals surface area contributed by atoms with Gasteiger partial charge in [0.2, 0.25) is 0 Å². The van der Waals surface area contributed by atoms with Crippen molar-refractivity contribution in [1.82, 2.24) is 9.55 Å². The number of carbonyl (C=O) groups is 1. The largest absolute Gasteiger partial charge is 0.478 e. The van der Waals surface area contributed by atoms with Crippen molar-refractivity contribution in [2.45, 2.75) is 12.5 Å². The van der Waals surface area contributed by atoms with Crippen LogP contribution in [0.15, 0.2) is 85.5 Å². The minimum Gasteiger partial charge on any atom is -0.478 e. The number of halogens is 2. The van der Waals surface area contributed by atoms with E-state index >= 15 is 0 Å². The lowest BCUT2D eigenvalue weighted by molar-refractivity contribution is 0.0696. The number of hydrogen-bond acceptors (Lipinski definition) is 3. The standard InChI is InChI=1S/C25H21F2N3O2/c26-20-5-1-17(2-6-20)13-19-14-22(9-10-23(19)25(31)32)29-15-24(30-12-11-28-16-30)18-3-7-21(27)8-4-18/h1-12,14,16,24,29H,13,15H2,(H,31,32). The van der Waals surface area contributed by atoms with E-state index in [4.69, 9.17) is 0 Å². The number of imidazole rings is 1. The third-order valence-corrected chi connectivity index (χ3v) is 5.28. The first-order valence-corrected chi connectivity index (χ1v) is 10.1. The number of nitrogens with one attached hydrogen (secondary N) is 1. The van der Waals surface area contributed by atoms with E-state index in [0.717, 1.165) is 16.8 Å². The Morgan fingerprint density at radius 2 is 1.69 bits per heavy atom. The molecule has 0 aliphatic carbocycles. The summed E-state index contributed by atoms with van der Waals surface area (Å²) in [6, 6.07) is 17.2. The predicted molar refractivity (Wildman–Crippen MR) is 118 cm³/mol. The van der Waals surface area contributed by atoms with Crippen LogP contribution in [0, 0.1) is 11.6 Å².